The van der Waals surface area contributed by atoms with Crippen molar-refractivity contribution in [3.63, 3.8) is 0 Å². The topological polar surface area (TPSA) is 143 Å². The second-order valence-corrected chi connectivity index (χ2v) is 15.7. The van der Waals surface area contributed by atoms with Crippen molar-refractivity contribution >= 4 is 46.7 Å². The van der Waals surface area contributed by atoms with E-state index in [0.29, 0.717) is 63.2 Å². The minimum absolute atomic E-state index is 0.212. The van der Waals surface area contributed by atoms with E-state index >= 15 is 0 Å². The van der Waals surface area contributed by atoms with Gasteiger partial charge < -0.3 is 32.3 Å². The molecule has 1 heterocycles. The number of nitrogens with two attached hydrogens (primary N) is 2. The Kier molecular flexibility index (Phi) is 14.2. The Balaban J connectivity index is 1.41. The van der Waals surface area contributed by atoms with Gasteiger partial charge in [0.15, 0.2) is 0 Å². The van der Waals surface area contributed by atoms with E-state index in [-0.39, 0.29) is 24.3 Å². The fourth-order valence-corrected chi connectivity index (χ4v) is 8.67. The van der Waals surface area contributed by atoms with Crippen molar-refractivity contribution in [2.45, 2.75) is 86.0 Å². The van der Waals surface area contributed by atoms with E-state index in [4.69, 9.17) is 23.1 Å². The number of hydrogen-bond acceptors (Lipinski definition) is 7. The Bertz CT molecular complexity index is 2010. The van der Waals surface area contributed by atoms with Crippen LogP contribution < -0.4 is 27.4 Å². The number of nitrogens with zero attached hydrogens (tertiary/aromatic N) is 1. The van der Waals surface area contributed by atoms with Gasteiger partial charge in [-0.3, -0.25) is 14.4 Å². The van der Waals surface area contributed by atoms with Crippen LogP contribution >= 0.6 is 23.4 Å². The van der Waals surface area contributed by atoms with Gasteiger partial charge in [0.2, 0.25) is 17.7 Å². The lowest BCUT2D eigenvalue weighted by Gasteiger charge is -2.32. The molecule has 6 rings (SSSR count). The van der Waals surface area contributed by atoms with Gasteiger partial charge >= 0.3 is 0 Å². The molecule has 4 aromatic rings. The molecule has 3 amide bonds. The van der Waals surface area contributed by atoms with Crippen molar-refractivity contribution in [3.05, 3.63) is 124 Å². The molecular weight excluding hydrogens is 728 g/mol. The summed E-state index contributed by atoms with van der Waals surface area (Å²) in [5, 5.41) is 10.3. The maximum atomic E-state index is 14.5. The number of allylic oxidation sites excluding steroid dienone is 1. The SMILES string of the molecule is CN1C(=O)[C@H](CCCCN)NC(=O)[C@H](CCCN)NCc2cc(-c3ccccc3)ccc2Sc2c(Cl)cccc2CNC(=O)[C@@H]1CC1=CCc2ccccc21. The first-order chi connectivity index (χ1) is 26.8. The monoisotopic (exact) mass is 778 g/mol. The fourth-order valence-electron chi connectivity index (χ4n) is 7.31. The van der Waals surface area contributed by atoms with E-state index in [2.05, 4.69) is 64.5 Å². The number of nitrogens with one attached hydrogen (secondary N) is 3. The van der Waals surface area contributed by atoms with E-state index < -0.39 is 18.1 Å². The maximum Gasteiger partial charge on any atom is 0.245 e. The molecule has 0 aromatic heterocycles. The molecule has 0 bridgehead atoms. The summed E-state index contributed by atoms with van der Waals surface area (Å²) >= 11 is 8.45. The predicted octanol–water partition coefficient (Wildman–Crippen LogP) is 6.46. The van der Waals surface area contributed by atoms with E-state index in [1.165, 1.54) is 22.2 Å². The van der Waals surface area contributed by atoms with Gasteiger partial charge in [-0.1, -0.05) is 102 Å². The molecule has 9 nitrogen and oxygen atoms in total. The lowest BCUT2D eigenvalue weighted by Crippen LogP contribution is -2.56. The molecule has 0 unspecified atom stereocenters. The quantitative estimate of drug-likeness (QED) is 0.117. The number of halogens is 1. The molecule has 0 radical (unpaired) electrons. The van der Waals surface area contributed by atoms with Crippen LogP contribution in [0.2, 0.25) is 5.02 Å². The summed E-state index contributed by atoms with van der Waals surface area (Å²) in [5.41, 5.74) is 19.1. The minimum atomic E-state index is -0.853. The van der Waals surface area contributed by atoms with Gasteiger partial charge in [-0.15, -0.1) is 0 Å². The van der Waals surface area contributed by atoms with Gasteiger partial charge in [0.05, 0.1) is 11.1 Å². The molecule has 55 heavy (non-hydrogen) atoms. The summed E-state index contributed by atoms with van der Waals surface area (Å²) in [7, 11) is 1.66. The van der Waals surface area contributed by atoms with Gasteiger partial charge in [-0.05, 0) is 109 Å². The van der Waals surface area contributed by atoms with Crippen LogP contribution in [-0.4, -0.2) is 60.9 Å². The van der Waals surface area contributed by atoms with Crippen LogP contribution in [-0.2, 0) is 33.9 Å². The summed E-state index contributed by atoms with van der Waals surface area (Å²) in [6, 6.07) is 28.0. The second-order valence-electron chi connectivity index (χ2n) is 14.2. The number of carbonyl (C=O) groups excluding carboxylic acids is 3. The minimum Gasteiger partial charge on any atom is -0.350 e. The van der Waals surface area contributed by atoms with E-state index in [0.717, 1.165) is 49.6 Å². The van der Waals surface area contributed by atoms with Crippen LogP contribution in [0.5, 0.6) is 0 Å². The highest BCUT2D eigenvalue weighted by atomic mass is 35.5. The molecule has 288 valence electrons. The number of unbranched alkanes of at least 4 members (excludes halogenated alkanes) is 1. The van der Waals surface area contributed by atoms with E-state index in [9.17, 15) is 14.4 Å². The van der Waals surface area contributed by atoms with Crippen molar-refractivity contribution in [3.8, 4) is 11.1 Å². The number of amides is 3. The molecule has 7 N–H and O–H groups in total. The first-order valence-electron chi connectivity index (χ1n) is 19.2. The molecule has 0 spiro atoms. The van der Waals surface area contributed by atoms with Crippen molar-refractivity contribution in [1.82, 2.24) is 20.9 Å². The molecule has 1 aliphatic carbocycles. The summed E-state index contributed by atoms with van der Waals surface area (Å²) in [4.78, 5) is 46.4. The van der Waals surface area contributed by atoms with Crippen molar-refractivity contribution in [1.29, 1.82) is 0 Å². The Labute approximate surface area is 333 Å². The Morgan fingerprint density at radius 1 is 0.764 bits per heavy atom. The highest BCUT2D eigenvalue weighted by Gasteiger charge is 2.35. The lowest BCUT2D eigenvalue weighted by atomic mass is 9.97. The number of rotatable bonds is 10. The zero-order valence-corrected chi connectivity index (χ0v) is 32.9. The average Bonchev–Trinajstić information content (AvgIpc) is 3.62. The number of carbonyl (C=O) groups is 3. The number of benzene rings is 4. The molecule has 2 aliphatic rings. The van der Waals surface area contributed by atoms with Gasteiger partial charge in [0.25, 0.3) is 0 Å². The smallest absolute Gasteiger partial charge is 0.245 e. The Morgan fingerprint density at radius 3 is 2.31 bits per heavy atom. The summed E-state index contributed by atoms with van der Waals surface area (Å²) < 4.78 is 0. The highest BCUT2D eigenvalue weighted by molar-refractivity contribution is 7.99. The van der Waals surface area contributed by atoms with Crippen molar-refractivity contribution < 1.29 is 14.4 Å². The molecule has 3 atom stereocenters. The lowest BCUT2D eigenvalue weighted by molar-refractivity contribution is -0.142. The van der Waals surface area contributed by atoms with Crippen LogP contribution in [0.15, 0.2) is 107 Å². The standard InChI is InChI=1S/C44H51ClN6O3S/c1-51-39(26-32-20-19-30-13-5-6-15-35(30)32)43(53)49-27-33-14-9-16-36(45)41(33)55-40-22-21-31(29-11-3-2-4-12-29)25-34(40)28-48-37(18-10-24-47)42(52)50-38(44(51)54)17-7-8-23-46/h2-6,9,11-16,20-22,25,37-39,48H,7-8,10,17-19,23-24,26-28,46-47H2,1H3,(H,49,53)(H,50,52)/t37-,38-,39-/m0/s1. The van der Waals surface area contributed by atoms with E-state index in [1.54, 1.807) is 7.05 Å². The van der Waals surface area contributed by atoms with Crippen LogP contribution in [0, 0.1) is 0 Å². The third-order valence-corrected chi connectivity index (χ3v) is 12.2. The van der Waals surface area contributed by atoms with Crippen LogP contribution in [0.4, 0.5) is 0 Å². The van der Waals surface area contributed by atoms with Crippen molar-refractivity contribution in [2.75, 3.05) is 20.1 Å². The molecule has 0 fully saturated rings. The summed E-state index contributed by atoms with van der Waals surface area (Å²) in [5.74, 6) is -0.896. The Hall–Kier alpha value is -4.45. The molecule has 1 aliphatic heterocycles. The first-order valence-corrected chi connectivity index (χ1v) is 20.4. The zero-order chi connectivity index (χ0) is 38.7. The first kappa shape index (κ1) is 40.2. The predicted molar refractivity (Wildman–Crippen MR) is 222 cm³/mol. The summed E-state index contributed by atoms with van der Waals surface area (Å²) in [6.45, 7) is 1.48. The molecule has 0 saturated heterocycles. The van der Waals surface area contributed by atoms with E-state index in [1.807, 2.05) is 48.5 Å². The Morgan fingerprint density at radius 2 is 1.51 bits per heavy atom. The fraction of sp³-hybridized carbons (Fsp3) is 0.341. The molecule has 4 aromatic carbocycles. The van der Waals surface area contributed by atoms with Gasteiger partial charge in [0.1, 0.15) is 12.1 Å². The van der Waals surface area contributed by atoms with Gasteiger partial charge in [-0.2, -0.15) is 0 Å². The third-order valence-electron chi connectivity index (χ3n) is 10.5. The molecule has 11 heteroatoms. The maximum absolute atomic E-state index is 14.5. The normalized spacial score (nSPS) is 19.4. The zero-order valence-electron chi connectivity index (χ0n) is 31.4. The largest absolute Gasteiger partial charge is 0.350 e. The average molecular weight is 779 g/mol. The number of hydrogen-bond donors (Lipinski definition) is 5. The van der Waals surface area contributed by atoms with Gasteiger partial charge in [-0.25, -0.2) is 0 Å². The van der Waals surface area contributed by atoms with Crippen LogP contribution in [0.3, 0.4) is 0 Å². The number of fused-ring (bicyclic) bond motifs is 3. The van der Waals surface area contributed by atoms with Crippen LogP contribution in [0.25, 0.3) is 16.7 Å². The number of likely N-dealkylation sites (N-methyl/N-ethyl adjacent to an activating group) is 1. The van der Waals surface area contributed by atoms with Crippen LogP contribution in [0.1, 0.15) is 60.8 Å². The molecule has 0 saturated carbocycles. The van der Waals surface area contributed by atoms with Crippen molar-refractivity contribution in [2.24, 2.45) is 11.5 Å². The van der Waals surface area contributed by atoms with Gasteiger partial charge in [0, 0.05) is 36.3 Å². The summed E-state index contributed by atoms with van der Waals surface area (Å²) in [6.07, 6.45) is 6.06. The highest BCUT2D eigenvalue weighted by Crippen LogP contribution is 2.39. The second kappa shape index (κ2) is 19.4. The molecular formula is C44H51ClN6O3S. The third kappa shape index (κ3) is 10.1.